The zero-order chi connectivity index (χ0) is 18.9. The van der Waals surface area contributed by atoms with E-state index in [9.17, 15) is 4.39 Å². The topological polar surface area (TPSA) is 64.1 Å². The molecule has 0 heterocycles. The molecule has 0 saturated heterocycles. The second kappa shape index (κ2) is 9.50. The Morgan fingerprint density at radius 2 is 1.77 bits per heavy atom. The van der Waals surface area contributed by atoms with Crippen molar-refractivity contribution in [2.24, 2.45) is 4.99 Å². The van der Waals surface area contributed by atoms with Crippen molar-refractivity contribution >= 4 is 11.6 Å². The number of nitrogens with one attached hydrogen (secondary N) is 2. The van der Waals surface area contributed by atoms with Crippen molar-refractivity contribution in [2.45, 2.75) is 13.5 Å². The van der Waals surface area contributed by atoms with Crippen molar-refractivity contribution in [3.63, 3.8) is 0 Å². The summed E-state index contributed by atoms with van der Waals surface area (Å²) in [5, 5.41) is 6.29. The second-order valence-corrected chi connectivity index (χ2v) is 5.32. The molecule has 0 aliphatic carbocycles. The van der Waals surface area contributed by atoms with Gasteiger partial charge >= 0.3 is 0 Å². The van der Waals surface area contributed by atoms with Gasteiger partial charge in [-0.25, -0.2) is 4.39 Å². The number of anilines is 1. The third kappa shape index (κ3) is 5.02. The van der Waals surface area contributed by atoms with Crippen LogP contribution in [0.25, 0.3) is 0 Å². The number of guanidine groups is 1. The van der Waals surface area contributed by atoms with Crippen LogP contribution in [0.2, 0.25) is 0 Å². The summed E-state index contributed by atoms with van der Waals surface area (Å²) in [7, 11) is 4.82. The normalized spacial score (nSPS) is 11.0. The molecule has 0 saturated carbocycles. The van der Waals surface area contributed by atoms with Crippen molar-refractivity contribution < 1.29 is 18.6 Å². The van der Waals surface area contributed by atoms with Gasteiger partial charge < -0.3 is 24.8 Å². The van der Waals surface area contributed by atoms with Gasteiger partial charge in [-0.3, -0.25) is 4.99 Å². The van der Waals surface area contributed by atoms with Gasteiger partial charge in [0.2, 0.25) is 0 Å². The summed E-state index contributed by atoms with van der Waals surface area (Å²) in [5.41, 5.74) is 1.56. The molecule has 0 amide bonds. The van der Waals surface area contributed by atoms with Crippen LogP contribution in [0.4, 0.5) is 10.1 Å². The summed E-state index contributed by atoms with van der Waals surface area (Å²) in [5.74, 6) is 1.68. The van der Waals surface area contributed by atoms with Gasteiger partial charge in [0.15, 0.2) is 29.0 Å². The molecule has 7 heteroatoms. The lowest BCUT2D eigenvalue weighted by Crippen LogP contribution is -2.30. The van der Waals surface area contributed by atoms with Gasteiger partial charge in [-0.2, -0.15) is 0 Å². The van der Waals surface area contributed by atoms with E-state index in [0.29, 0.717) is 30.6 Å². The molecule has 0 fully saturated rings. The Kier molecular flexibility index (Phi) is 7.08. The minimum absolute atomic E-state index is 0.254. The predicted octanol–water partition coefficient (Wildman–Crippen LogP) is 3.43. The van der Waals surface area contributed by atoms with Crippen molar-refractivity contribution in [3.05, 3.63) is 47.8 Å². The van der Waals surface area contributed by atoms with Crippen LogP contribution in [0.1, 0.15) is 12.5 Å². The minimum atomic E-state index is -0.381. The van der Waals surface area contributed by atoms with E-state index in [2.05, 4.69) is 15.6 Å². The number of rotatable bonds is 7. The Hall–Kier alpha value is -2.96. The summed E-state index contributed by atoms with van der Waals surface area (Å²) in [4.78, 5) is 4.17. The van der Waals surface area contributed by atoms with Crippen molar-refractivity contribution in [1.82, 2.24) is 5.32 Å². The molecule has 0 aliphatic rings. The van der Waals surface area contributed by atoms with Crippen molar-refractivity contribution in [3.8, 4) is 17.2 Å². The van der Waals surface area contributed by atoms with Crippen molar-refractivity contribution in [2.75, 3.05) is 33.2 Å². The maximum atomic E-state index is 13.9. The quantitative estimate of drug-likeness (QED) is 0.584. The van der Waals surface area contributed by atoms with E-state index < -0.39 is 0 Å². The number of hydrogen-bond donors (Lipinski definition) is 2. The zero-order valence-electron chi connectivity index (χ0n) is 15.4. The molecule has 26 heavy (non-hydrogen) atoms. The molecular formula is C19H24FN3O3. The molecule has 2 N–H and O–H groups in total. The van der Waals surface area contributed by atoms with Crippen LogP contribution in [0.15, 0.2) is 41.4 Å². The maximum Gasteiger partial charge on any atom is 0.195 e. The fourth-order valence-electron chi connectivity index (χ4n) is 2.34. The highest BCUT2D eigenvalue weighted by Gasteiger charge is 2.08. The second-order valence-electron chi connectivity index (χ2n) is 5.32. The number of nitrogens with zero attached hydrogens (tertiary/aromatic N) is 1. The first-order valence-corrected chi connectivity index (χ1v) is 8.22. The van der Waals surface area contributed by atoms with Crippen LogP contribution in [0.3, 0.4) is 0 Å². The fourth-order valence-corrected chi connectivity index (χ4v) is 2.34. The van der Waals surface area contributed by atoms with E-state index in [4.69, 9.17) is 14.2 Å². The number of aliphatic imine (C=N–C) groups is 1. The highest BCUT2D eigenvalue weighted by Crippen LogP contribution is 2.29. The molecule has 6 nitrogen and oxygen atoms in total. The zero-order valence-corrected chi connectivity index (χ0v) is 15.4. The molecule has 0 unspecified atom stereocenters. The highest BCUT2D eigenvalue weighted by molar-refractivity contribution is 5.93. The van der Waals surface area contributed by atoms with Crippen LogP contribution in [-0.4, -0.2) is 33.8 Å². The Morgan fingerprint density at radius 1 is 1.04 bits per heavy atom. The Morgan fingerprint density at radius 3 is 2.38 bits per heavy atom. The summed E-state index contributed by atoms with van der Waals surface area (Å²) in [6.07, 6.45) is 0. The van der Waals surface area contributed by atoms with E-state index >= 15 is 0 Å². The Balaban J connectivity index is 2.01. The van der Waals surface area contributed by atoms with Gasteiger partial charge in [-0.05, 0) is 36.8 Å². The van der Waals surface area contributed by atoms with Crippen LogP contribution in [-0.2, 0) is 6.54 Å². The van der Waals surface area contributed by atoms with E-state index in [-0.39, 0.29) is 11.6 Å². The van der Waals surface area contributed by atoms with Crippen molar-refractivity contribution in [1.29, 1.82) is 0 Å². The van der Waals surface area contributed by atoms with Crippen LogP contribution >= 0.6 is 0 Å². The number of hydrogen-bond acceptors (Lipinski definition) is 4. The molecule has 0 radical (unpaired) electrons. The van der Waals surface area contributed by atoms with Gasteiger partial charge in [0.25, 0.3) is 0 Å². The van der Waals surface area contributed by atoms with Gasteiger partial charge in [-0.15, -0.1) is 0 Å². The lowest BCUT2D eigenvalue weighted by molar-refractivity contribution is 0.321. The first-order chi connectivity index (χ1) is 12.6. The molecule has 2 aromatic carbocycles. The van der Waals surface area contributed by atoms with Gasteiger partial charge in [0, 0.05) is 25.3 Å². The number of halogens is 1. The first-order valence-electron chi connectivity index (χ1n) is 8.22. The summed E-state index contributed by atoms with van der Waals surface area (Å²) < 4.78 is 29.6. The van der Waals surface area contributed by atoms with E-state index in [1.54, 1.807) is 33.4 Å². The standard InChI is InChI=1S/C19H24FN3O3/c1-5-26-16-8-6-13(10-15(16)20)12-22-19(21-2)23-14-7-9-17(24-3)18(11-14)25-4/h6-11H,5,12H2,1-4H3,(H2,21,22,23). The smallest absolute Gasteiger partial charge is 0.195 e. The largest absolute Gasteiger partial charge is 0.493 e. The molecule has 140 valence electrons. The molecule has 2 aromatic rings. The molecule has 2 rings (SSSR count). The molecule has 0 atom stereocenters. The molecule has 0 spiro atoms. The Bertz CT molecular complexity index is 766. The van der Waals surface area contributed by atoms with E-state index in [0.717, 1.165) is 11.3 Å². The number of benzene rings is 2. The molecule has 0 aliphatic heterocycles. The Labute approximate surface area is 153 Å². The summed E-state index contributed by atoms with van der Waals surface area (Å²) in [6, 6.07) is 10.3. The maximum absolute atomic E-state index is 13.9. The average molecular weight is 361 g/mol. The molecule has 0 bridgehead atoms. The SMILES string of the molecule is CCOc1ccc(CNC(=NC)Nc2ccc(OC)c(OC)c2)cc1F. The van der Waals surface area contributed by atoms with Crippen LogP contribution < -0.4 is 24.8 Å². The third-order valence-corrected chi connectivity index (χ3v) is 3.63. The monoisotopic (exact) mass is 361 g/mol. The first kappa shape index (κ1) is 19.4. The number of methoxy groups -OCH3 is 2. The van der Waals surface area contributed by atoms with Gasteiger partial charge in [0.05, 0.1) is 20.8 Å². The van der Waals surface area contributed by atoms with Crippen LogP contribution in [0, 0.1) is 5.82 Å². The summed E-state index contributed by atoms with van der Waals surface area (Å²) >= 11 is 0. The minimum Gasteiger partial charge on any atom is -0.493 e. The molecule has 0 aromatic heterocycles. The van der Waals surface area contributed by atoms with Crippen LogP contribution in [0.5, 0.6) is 17.2 Å². The highest BCUT2D eigenvalue weighted by atomic mass is 19.1. The summed E-state index contributed by atoms with van der Waals surface area (Å²) in [6.45, 7) is 2.66. The lowest BCUT2D eigenvalue weighted by Gasteiger charge is -2.14. The predicted molar refractivity (Wildman–Crippen MR) is 101 cm³/mol. The average Bonchev–Trinajstić information content (AvgIpc) is 2.66. The lowest BCUT2D eigenvalue weighted by atomic mass is 10.2. The van der Waals surface area contributed by atoms with E-state index in [1.807, 2.05) is 25.1 Å². The van der Waals surface area contributed by atoms with Gasteiger partial charge in [-0.1, -0.05) is 6.07 Å². The molecular weight excluding hydrogens is 337 g/mol. The fraction of sp³-hybridized carbons (Fsp3) is 0.316. The number of ether oxygens (including phenoxy) is 3. The van der Waals surface area contributed by atoms with Gasteiger partial charge in [0.1, 0.15) is 0 Å². The third-order valence-electron chi connectivity index (χ3n) is 3.63. The van der Waals surface area contributed by atoms with E-state index in [1.165, 1.54) is 6.07 Å².